The quantitative estimate of drug-likeness (QED) is 0.612. The van der Waals surface area contributed by atoms with Crippen molar-refractivity contribution < 1.29 is 14.6 Å². The van der Waals surface area contributed by atoms with E-state index in [1.807, 2.05) is 54.6 Å². The summed E-state index contributed by atoms with van der Waals surface area (Å²) < 4.78 is 5.21. The molecule has 3 aromatic rings. The summed E-state index contributed by atoms with van der Waals surface area (Å²) in [7, 11) is 1.56. The van der Waals surface area contributed by atoms with Crippen molar-refractivity contribution in [1.29, 1.82) is 0 Å². The van der Waals surface area contributed by atoms with E-state index in [1.165, 1.54) is 11.3 Å². The molecule has 0 aliphatic carbocycles. The van der Waals surface area contributed by atoms with Crippen LogP contribution in [0.3, 0.4) is 0 Å². The first-order valence-corrected chi connectivity index (χ1v) is 8.98. The number of aliphatic hydroxyl groups is 1. The molecule has 0 aliphatic rings. The minimum atomic E-state index is -0.655. The van der Waals surface area contributed by atoms with Crippen LogP contribution in [0.2, 0.25) is 0 Å². The topological polar surface area (TPSA) is 70.6 Å². The highest BCUT2D eigenvalue weighted by atomic mass is 32.1. The fraction of sp³-hybridized carbons (Fsp3) is 0.150. The van der Waals surface area contributed by atoms with Crippen molar-refractivity contribution in [3.63, 3.8) is 0 Å². The van der Waals surface area contributed by atoms with Crippen LogP contribution in [-0.2, 0) is 6.54 Å². The van der Waals surface area contributed by atoms with Crippen LogP contribution in [0.25, 0.3) is 0 Å². The van der Waals surface area contributed by atoms with Crippen LogP contribution in [0.5, 0.6) is 5.75 Å². The third kappa shape index (κ3) is 4.41. The number of carbonyl (C=O) groups is 1. The molecule has 0 radical (unpaired) electrons. The summed E-state index contributed by atoms with van der Waals surface area (Å²) in [6, 6.07) is 20.2. The molecular weight excluding hydrogens is 348 g/mol. The first kappa shape index (κ1) is 18.0. The van der Waals surface area contributed by atoms with Crippen molar-refractivity contribution in [3.8, 4) is 5.75 Å². The normalized spacial score (nSPS) is 11.6. The maximum Gasteiger partial charge on any atom is 0.319 e. The minimum Gasteiger partial charge on any atom is -0.495 e. The monoisotopic (exact) mass is 368 g/mol. The highest BCUT2D eigenvalue weighted by Gasteiger charge is 2.13. The van der Waals surface area contributed by atoms with Crippen LogP contribution in [-0.4, -0.2) is 18.2 Å². The molecular formula is C20H20N2O3S. The fourth-order valence-corrected chi connectivity index (χ4v) is 3.48. The Kier molecular flexibility index (Phi) is 5.88. The number of urea groups is 1. The van der Waals surface area contributed by atoms with Gasteiger partial charge in [-0.2, -0.15) is 0 Å². The van der Waals surface area contributed by atoms with Crippen LogP contribution in [0.1, 0.15) is 21.4 Å². The summed E-state index contributed by atoms with van der Waals surface area (Å²) in [4.78, 5) is 13.9. The molecule has 5 nitrogen and oxygen atoms in total. The highest BCUT2D eigenvalue weighted by molar-refractivity contribution is 7.12. The maximum absolute atomic E-state index is 12.1. The molecule has 3 N–H and O–H groups in total. The van der Waals surface area contributed by atoms with Crippen molar-refractivity contribution in [3.05, 3.63) is 82.0 Å². The molecule has 0 bridgehead atoms. The van der Waals surface area contributed by atoms with Gasteiger partial charge in [-0.25, -0.2) is 4.79 Å². The first-order valence-electron chi connectivity index (χ1n) is 8.17. The van der Waals surface area contributed by atoms with Crippen molar-refractivity contribution in [2.75, 3.05) is 12.4 Å². The van der Waals surface area contributed by atoms with Gasteiger partial charge < -0.3 is 20.5 Å². The zero-order chi connectivity index (χ0) is 18.4. The Morgan fingerprint density at radius 3 is 2.58 bits per heavy atom. The Bertz CT molecular complexity index is 864. The van der Waals surface area contributed by atoms with Gasteiger partial charge in [-0.05, 0) is 29.8 Å². The SMILES string of the molecule is COc1ccccc1NC(=O)NCc1ccc(C(O)c2ccccc2)s1. The lowest BCUT2D eigenvalue weighted by Crippen LogP contribution is -2.28. The third-order valence-corrected chi connectivity index (χ3v) is 4.98. The zero-order valence-corrected chi connectivity index (χ0v) is 15.1. The second-order valence-corrected chi connectivity index (χ2v) is 6.83. The number of amides is 2. The number of para-hydroxylation sites is 2. The molecule has 26 heavy (non-hydrogen) atoms. The van der Waals surface area contributed by atoms with Crippen LogP contribution < -0.4 is 15.4 Å². The number of anilines is 1. The summed E-state index contributed by atoms with van der Waals surface area (Å²) in [6.45, 7) is 0.382. The predicted molar refractivity (Wildman–Crippen MR) is 104 cm³/mol. The Morgan fingerprint density at radius 1 is 1.08 bits per heavy atom. The molecule has 0 fully saturated rings. The van der Waals surface area contributed by atoms with Gasteiger partial charge in [0.2, 0.25) is 0 Å². The molecule has 1 unspecified atom stereocenters. The molecule has 2 amide bonds. The number of aliphatic hydroxyl groups excluding tert-OH is 1. The second kappa shape index (κ2) is 8.51. The van der Waals surface area contributed by atoms with Crippen LogP contribution in [0, 0.1) is 0 Å². The van der Waals surface area contributed by atoms with Gasteiger partial charge in [0.05, 0.1) is 19.3 Å². The van der Waals surface area contributed by atoms with E-state index in [0.717, 1.165) is 15.3 Å². The lowest BCUT2D eigenvalue weighted by molar-refractivity contribution is 0.224. The number of rotatable bonds is 6. The molecule has 0 spiro atoms. The van der Waals surface area contributed by atoms with Crippen molar-refractivity contribution >= 4 is 23.1 Å². The van der Waals surface area contributed by atoms with E-state index in [-0.39, 0.29) is 6.03 Å². The average Bonchev–Trinajstić information content (AvgIpc) is 3.16. The Morgan fingerprint density at radius 2 is 1.81 bits per heavy atom. The van der Waals surface area contributed by atoms with Crippen LogP contribution >= 0.6 is 11.3 Å². The Labute approximate surface area is 156 Å². The van der Waals surface area contributed by atoms with Gasteiger partial charge in [-0.15, -0.1) is 11.3 Å². The summed E-state index contributed by atoms with van der Waals surface area (Å²) in [5, 5.41) is 16.0. The van der Waals surface area contributed by atoms with Crippen molar-refractivity contribution in [2.45, 2.75) is 12.6 Å². The number of carbonyl (C=O) groups excluding carboxylic acids is 1. The lowest BCUT2D eigenvalue weighted by Gasteiger charge is -2.10. The van der Waals surface area contributed by atoms with E-state index in [2.05, 4.69) is 10.6 Å². The van der Waals surface area contributed by atoms with Gasteiger partial charge in [0.1, 0.15) is 11.9 Å². The first-order chi connectivity index (χ1) is 12.7. The third-order valence-electron chi connectivity index (χ3n) is 3.85. The molecule has 6 heteroatoms. The van der Waals surface area contributed by atoms with Crippen molar-refractivity contribution in [1.82, 2.24) is 5.32 Å². The van der Waals surface area contributed by atoms with Gasteiger partial charge in [-0.1, -0.05) is 42.5 Å². The molecule has 2 aromatic carbocycles. The van der Waals surface area contributed by atoms with E-state index in [9.17, 15) is 9.90 Å². The van der Waals surface area contributed by atoms with Crippen molar-refractivity contribution in [2.24, 2.45) is 0 Å². The number of methoxy groups -OCH3 is 1. The average molecular weight is 368 g/mol. The molecule has 0 aliphatic heterocycles. The van der Waals surface area contributed by atoms with Gasteiger partial charge in [0.15, 0.2) is 0 Å². The molecule has 1 aromatic heterocycles. The smallest absolute Gasteiger partial charge is 0.319 e. The second-order valence-electron chi connectivity index (χ2n) is 5.63. The largest absolute Gasteiger partial charge is 0.495 e. The van der Waals surface area contributed by atoms with E-state index >= 15 is 0 Å². The van der Waals surface area contributed by atoms with Gasteiger partial charge in [0.25, 0.3) is 0 Å². The predicted octanol–water partition coefficient (Wildman–Crippen LogP) is 4.16. The summed E-state index contributed by atoms with van der Waals surface area (Å²) in [6.07, 6.45) is -0.655. The summed E-state index contributed by atoms with van der Waals surface area (Å²) in [5.74, 6) is 0.604. The molecule has 0 saturated heterocycles. The Hall–Kier alpha value is -2.83. The molecule has 134 valence electrons. The molecule has 1 atom stereocenters. The number of hydrogen-bond donors (Lipinski definition) is 3. The highest BCUT2D eigenvalue weighted by Crippen LogP contribution is 2.28. The molecule has 3 rings (SSSR count). The van der Waals surface area contributed by atoms with E-state index < -0.39 is 6.10 Å². The van der Waals surface area contributed by atoms with E-state index in [1.54, 1.807) is 19.2 Å². The van der Waals surface area contributed by atoms with Crippen LogP contribution in [0.4, 0.5) is 10.5 Å². The number of nitrogens with one attached hydrogen (secondary N) is 2. The number of hydrogen-bond acceptors (Lipinski definition) is 4. The number of thiophene rings is 1. The van der Waals surface area contributed by atoms with E-state index in [4.69, 9.17) is 4.74 Å². The minimum absolute atomic E-state index is 0.312. The zero-order valence-electron chi connectivity index (χ0n) is 14.3. The van der Waals surface area contributed by atoms with Gasteiger partial charge >= 0.3 is 6.03 Å². The summed E-state index contributed by atoms with van der Waals surface area (Å²) >= 11 is 1.47. The molecule has 1 heterocycles. The Balaban J connectivity index is 1.57. The lowest BCUT2D eigenvalue weighted by atomic mass is 10.1. The van der Waals surface area contributed by atoms with Gasteiger partial charge in [0, 0.05) is 9.75 Å². The fourth-order valence-electron chi connectivity index (χ4n) is 2.52. The number of ether oxygens (including phenoxy) is 1. The van der Waals surface area contributed by atoms with Crippen LogP contribution in [0.15, 0.2) is 66.7 Å². The number of benzene rings is 2. The molecule has 0 saturated carbocycles. The maximum atomic E-state index is 12.1. The summed E-state index contributed by atoms with van der Waals surface area (Å²) in [5.41, 5.74) is 1.46. The standard InChI is InChI=1S/C20H20N2O3S/c1-25-17-10-6-5-9-16(17)22-20(24)21-13-15-11-12-18(26-15)19(23)14-7-3-2-4-8-14/h2-12,19,23H,13H2,1H3,(H2,21,22,24). The van der Waals surface area contributed by atoms with Gasteiger partial charge in [-0.3, -0.25) is 0 Å². The van der Waals surface area contributed by atoms with E-state index in [0.29, 0.717) is 18.0 Å².